The summed E-state index contributed by atoms with van der Waals surface area (Å²) < 4.78 is 22.1. The molecule has 4 nitrogen and oxygen atoms in total. The minimum Gasteiger partial charge on any atom is -0.481 e. The van der Waals surface area contributed by atoms with Gasteiger partial charge in [-0.1, -0.05) is 6.92 Å². The molecular formula is C10H18O4S. The smallest absolute Gasteiger partial charge is 0.309 e. The standard InChI is InChI=1S/C10H18O4S/c1-8-3-4-10(7-8,9(11)12)5-6-15(2,13)14/h8H,3-7H2,1-2H3,(H,11,12). The van der Waals surface area contributed by atoms with Crippen LogP contribution in [0.1, 0.15) is 32.6 Å². The lowest BCUT2D eigenvalue weighted by Gasteiger charge is -2.23. The number of carboxylic acids is 1. The monoisotopic (exact) mass is 234 g/mol. The number of hydrogen-bond acceptors (Lipinski definition) is 3. The summed E-state index contributed by atoms with van der Waals surface area (Å²) in [5.74, 6) is -0.470. The van der Waals surface area contributed by atoms with Crippen molar-refractivity contribution >= 4 is 15.8 Å². The largest absolute Gasteiger partial charge is 0.481 e. The second-order valence-corrected chi connectivity index (χ2v) is 7.07. The van der Waals surface area contributed by atoms with Crippen molar-refractivity contribution in [3.05, 3.63) is 0 Å². The third-order valence-electron chi connectivity index (χ3n) is 3.26. The fourth-order valence-electron chi connectivity index (χ4n) is 2.30. The van der Waals surface area contributed by atoms with Crippen LogP contribution < -0.4 is 0 Å². The molecule has 2 atom stereocenters. The van der Waals surface area contributed by atoms with E-state index in [1.165, 1.54) is 0 Å². The van der Waals surface area contributed by atoms with Gasteiger partial charge < -0.3 is 5.11 Å². The van der Waals surface area contributed by atoms with Crippen LogP contribution >= 0.6 is 0 Å². The lowest BCUT2D eigenvalue weighted by molar-refractivity contribution is -0.148. The van der Waals surface area contributed by atoms with Crippen molar-refractivity contribution < 1.29 is 18.3 Å². The summed E-state index contributed by atoms with van der Waals surface area (Å²) in [5.41, 5.74) is -0.789. The Hall–Kier alpha value is -0.580. The average molecular weight is 234 g/mol. The van der Waals surface area contributed by atoms with Gasteiger partial charge in [-0.15, -0.1) is 0 Å². The molecule has 0 aromatic rings. The lowest BCUT2D eigenvalue weighted by Crippen LogP contribution is -2.30. The number of carbonyl (C=O) groups is 1. The van der Waals surface area contributed by atoms with Gasteiger partial charge in [0.05, 0.1) is 11.2 Å². The molecule has 1 fully saturated rings. The normalized spacial score (nSPS) is 31.7. The Morgan fingerprint density at radius 3 is 2.47 bits per heavy atom. The van der Waals surface area contributed by atoms with Crippen LogP contribution in [0.5, 0.6) is 0 Å². The Labute approximate surface area is 90.6 Å². The summed E-state index contributed by atoms with van der Waals surface area (Å²) in [4.78, 5) is 11.2. The van der Waals surface area contributed by atoms with Crippen LogP contribution in [0, 0.1) is 11.3 Å². The second kappa shape index (κ2) is 4.12. The van der Waals surface area contributed by atoms with Crippen molar-refractivity contribution in [1.82, 2.24) is 0 Å². The Morgan fingerprint density at radius 1 is 1.53 bits per heavy atom. The molecule has 1 aliphatic carbocycles. The van der Waals surface area contributed by atoms with Gasteiger partial charge in [-0.05, 0) is 31.6 Å². The SMILES string of the molecule is CC1CCC(CCS(C)(=O)=O)(C(=O)O)C1. The van der Waals surface area contributed by atoms with E-state index in [2.05, 4.69) is 0 Å². The number of carboxylic acid groups (broad SMARTS) is 1. The molecule has 0 amide bonds. The third-order valence-corrected chi connectivity index (χ3v) is 4.21. The number of hydrogen-bond donors (Lipinski definition) is 1. The molecule has 0 radical (unpaired) electrons. The van der Waals surface area contributed by atoms with Gasteiger partial charge in [0.25, 0.3) is 0 Å². The molecular weight excluding hydrogens is 216 g/mol. The summed E-state index contributed by atoms with van der Waals surface area (Å²) in [5, 5.41) is 9.18. The molecule has 1 N–H and O–H groups in total. The zero-order chi connectivity index (χ0) is 11.7. The van der Waals surface area contributed by atoms with Gasteiger partial charge in [-0.2, -0.15) is 0 Å². The molecule has 0 aromatic heterocycles. The highest BCUT2D eigenvalue weighted by atomic mass is 32.2. The maximum Gasteiger partial charge on any atom is 0.309 e. The van der Waals surface area contributed by atoms with Gasteiger partial charge in [-0.3, -0.25) is 4.79 Å². The van der Waals surface area contributed by atoms with Crippen LogP contribution in [0.25, 0.3) is 0 Å². The molecule has 0 aromatic carbocycles. The summed E-state index contributed by atoms with van der Waals surface area (Å²) in [6.45, 7) is 2.02. The highest BCUT2D eigenvalue weighted by Gasteiger charge is 2.44. The third kappa shape index (κ3) is 3.19. The van der Waals surface area contributed by atoms with Crippen molar-refractivity contribution in [2.75, 3.05) is 12.0 Å². The van der Waals surface area contributed by atoms with Gasteiger partial charge in [0.15, 0.2) is 0 Å². The fraction of sp³-hybridized carbons (Fsp3) is 0.900. The first-order valence-corrected chi connectivity index (χ1v) is 7.22. The average Bonchev–Trinajstić information content (AvgIpc) is 2.44. The molecule has 1 aliphatic rings. The van der Waals surface area contributed by atoms with Gasteiger partial charge >= 0.3 is 5.97 Å². The minimum absolute atomic E-state index is 0.0218. The highest BCUT2D eigenvalue weighted by molar-refractivity contribution is 7.90. The van der Waals surface area contributed by atoms with Crippen LogP contribution in [0.2, 0.25) is 0 Å². The van der Waals surface area contributed by atoms with E-state index < -0.39 is 21.2 Å². The first-order chi connectivity index (χ1) is 6.75. The fourth-order valence-corrected chi connectivity index (χ4v) is 3.06. The van der Waals surface area contributed by atoms with Crippen LogP contribution in [-0.2, 0) is 14.6 Å². The number of rotatable bonds is 4. The first kappa shape index (κ1) is 12.5. The molecule has 2 unspecified atom stereocenters. The zero-order valence-corrected chi connectivity index (χ0v) is 10.0. The molecule has 1 saturated carbocycles. The number of sulfone groups is 1. The van der Waals surface area contributed by atoms with Gasteiger partial charge in [0.2, 0.25) is 0 Å². The van der Waals surface area contributed by atoms with E-state index in [1.807, 2.05) is 6.92 Å². The van der Waals surface area contributed by atoms with Crippen molar-refractivity contribution in [1.29, 1.82) is 0 Å². The van der Waals surface area contributed by atoms with Gasteiger partial charge in [0, 0.05) is 6.26 Å². The van der Waals surface area contributed by atoms with E-state index in [9.17, 15) is 18.3 Å². The van der Waals surface area contributed by atoms with Crippen LogP contribution in [0.4, 0.5) is 0 Å². The molecule has 88 valence electrons. The highest BCUT2D eigenvalue weighted by Crippen LogP contribution is 2.44. The molecule has 0 saturated heterocycles. The van der Waals surface area contributed by atoms with Crippen LogP contribution in [0.3, 0.4) is 0 Å². The Kier molecular flexibility index (Phi) is 3.43. The Morgan fingerprint density at radius 2 is 2.13 bits per heavy atom. The molecule has 1 rings (SSSR count). The Balaban J connectivity index is 2.72. The molecule has 0 heterocycles. The van der Waals surface area contributed by atoms with Crippen molar-refractivity contribution in [2.24, 2.45) is 11.3 Å². The molecule has 0 spiro atoms. The summed E-state index contributed by atoms with van der Waals surface area (Å²) in [6, 6.07) is 0. The van der Waals surface area contributed by atoms with E-state index >= 15 is 0 Å². The molecule has 0 aliphatic heterocycles. The summed E-state index contributed by atoms with van der Waals surface area (Å²) >= 11 is 0. The molecule has 5 heteroatoms. The van der Waals surface area contributed by atoms with Crippen LogP contribution in [0.15, 0.2) is 0 Å². The van der Waals surface area contributed by atoms with E-state index in [-0.39, 0.29) is 12.2 Å². The first-order valence-electron chi connectivity index (χ1n) is 5.16. The summed E-state index contributed by atoms with van der Waals surface area (Å²) in [7, 11) is -3.06. The van der Waals surface area contributed by atoms with Crippen molar-refractivity contribution in [2.45, 2.75) is 32.6 Å². The topological polar surface area (TPSA) is 71.4 Å². The predicted octanol–water partition coefficient (Wildman–Crippen LogP) is 1.31. The van der Waals surface area contributed by atoms with E-state index in [0.29, 0.717) is 18.8 Å². The van der Waals surface area contributed by atoms with E-state index in [4.69, 9.17) is 0 Å². The summed E-state index contributed by atoms with van der Waals surface area (Å²) in [6.07, 6.45) is 3.51. The minimum atomic E-state index is -3.06. The number of aliphatic carboxylic acids is 1. The zero-order valence-electron chi connectivity index (χ0n) is 9.19. The maximum atomic E-state index is 11.2. The van der Waals surface area contributed by atoms with Gasteiger partial charge in [-0.25, -0.2) is 8.42 Å². The van der Waals surface area contributed by atoms with E-state index in [1.54, 1.807) is 0 Å². The Bertz CT molecular complexity index is 346. The predicted molar refractivity (Wildman–Crippen MR) is 57.4 cm³/mol. The second-order valence-electron chi connectivity index (χ2n) is 4.81. The maximum absolute atomic E-state index is 11.2. The van der Waals surface area contributed by atoms with E-state index in [0.717, 1.165) is 12.7 Å². The van der Waals surface area contributed by atoms with Crippen molar-refractivity contribution in [3.8, 4) is 0 Å². The lowest BCUT2D eigenvalue weighted by atomic mass is 9.83. The quantitative estimate of drug-likeness (QED) is 0.796. The van der Waals surface area contributed by atoms with Crippen LogP contribution in [-0.4, -0.2) is 31.5 Å². The molecule has 0 bridgehead atoms. The van der Waals surface area contributed by atoms with Crippen molar-refractivity contribution in [3.63, 3.8) is 0 Å². The van der Waals surface area contributed by atoms with Gasteiger partial charge in [0.1, 0.15) is 9.84 Å². The molecule has 15 heavy (non-hydrogen) atoms.